The molecule has 0 spiro atoms. The lowest BCUT2D eigenvalue weighted by atomic mass is 9.70. The third-order valence-electron chi connectivity index (χ3n) is 7.21. The van der Waals surface area contributed by atoms with Gasteiger partial charge in [-0.05, 0) is 80.4 Å². The molecular formula is C26H36FN. The molecule has 1 unspecified atom stereocenters. The summed E-state index contributed by atoms with van der Waals surface area (Å²) in [6.07, 6.45) is 19.7. The third-order valence-corrected chi connectivity index (χ3v) is 7.21. The number of aryl methyl sites for hydroxylation is 1. The fourth-order valence-corrected chi connectivity index (χ4v) is 5.30. The van der Waals surface area contributed by atoms with Crippen molar-refractivity contribution in [2.45, 2.75) is 90.4 Å². The van der Waals surface area contributed by atoms with Gasteiger partial charge in [0.15, 0.2) is 0 Å². The molecule has 2 aliphatic rings. The number of nitrogens with zero attached hydrogens (tertiary/aromatic N) is 1. The molecule has 0 heterocycles. The normalized spacial score (nSPS) is 25.2. The lowest BCUT2D eigenvalue weighted by molar-refractivity contribution is 0.185. The molecule has 28 heavy (non-hydrogen) atoms. The standard InChI is InChI=1S/C26H36FN/c1-2-3-4-5-20-8-13-23(14-9-20)24-15-10-21(11-16-24)6-7-22-12-17-25(19-28)26(27)18-22/h10,12,17-18,20,23-24H,2-9,11,13-16H2,1H3. The summed E-state index contributed by atoms with van der Waals surface area (Å²) in [5.74, 6) is 2.47. The molecule has 0 N–H and O–H groups in total. The zero-order valence-electron chi connectivity index (χ0n) is 17.6. The molecule has 1 nitrogen and oxygen atoms in total. The largest absolute Gasteiger partial charge is 0.206 e. The molecule has 1 aromatic rings. The monoisotopic (exact) mass is 381 g/mol. The van der Waals surface area contributed by atoms with Crippen molar-refractivity contribution in [3.8, 4) is 6.07 Å². The van der Waals surface area contributed by atoms with Gasteiger partial charge in [0.1, 0.15) is 11.9 Å². The second kappa shape index (κ2) is 10.8. The lowest BCUT2D eigenvalue weighted by Crippen LogP contribution is -2.23. The predicted molar refractivity (Wildman–Crippen MR) is 114 cm³/mol. The number of hydrogen-bond acceptors (Lipinski definition) is 1. The summed E-state index contributed by atoms with van der Waals surface area (Å²) in [6, 6.07) is 6.93. The SMILES string of the molecule is CCCCCC1CCC(C2CC=C(CCc3ccc(C#N)c(F)c3)CC2)CC1. The van der Waals surface area contributed by atoms with Crippen LogP contribution in [-0.4, -0.2) is 0 Å². The van der Waals surface area contributed by atoms with Gasteiger partial charge in [-0.25, -0.2) is 4.39 Å². The van der Waals surface area contributed by atoms with E-state index in [1.807, 2.05) is 12.1 Å². The average molecular weight is 382 g/mol. The zero-order valence-corrected chi connectivity index (χ0v) is 17.6. The van der Waals surface area contributed by atoms with Gasteiger partial charge in [0.25, 0.3) is 0 Å². The van der Waals surface area contributed by atoms with Gasteiger partial charge in [-0.2, -0.15) is 5.26 Å². The number of unbranched alkanes of at least 4 members (excludes halogenated alkanes) is 2. The molecule has 2 heteroatoms. The maximum atomic E-state index is 13.8. The van der Waals surface area contributed by atoms with Crippen molar-refractivity contribution < 1.29 is 4.39 Å². The van der Waals surface area contributed by atoms with Crippen LogP contribution in [0.2, 0.25) is 0 Å². The molecule has 3 rings (SSSR count). The van der Waals surface area contributed by atoms with Gasteiger partial charge in [-0.1, -0.05) is 63.2 Å². The molecule has 0 amide bonds. The van der Waals surface area contributed by atoms with E-state index < -0.39 is 0 Å². The fourth-order valence-electron chi connectivity index (χ4n) is 5.30. The first kappa shape index (κ1) is 21.1. The van der Waals surface area contributed by atoms with Crippen molar-refractivity contribution in [1.29, 1.82) is 5.26 Å². The van der Waals surface area contributed by atoms with Crippen LogP contribution in [0.15, 0.2) is 29.8 Å². The Bertz CT molecular complexity index is 691. The predicted octanol–water partition coefficient (Wildman–Crippen LogP) is 7.74. The van der Waals surface area contributed by atoms with E-state index in [1.54, 1.807) is 11.6 Å². The van der Waals surface area contributed by atoms with E-state index in [2.05, 4.69) is 13.0 Å². The minimum absolute atomic E-state index is 0.142. The van der Waals surface area contributed by atoms with Crippen LogP contribution in [0.1, 0.15) is 95.1 Å². The van der Waals surface area contributed by atoms with Gasteiger partial charge in [0, 0.05) is 0 Å². The highest BCUT2D eigenvalue weighted by atomic mass is 19.1. The molecule has 0 bridgehead atoms. The van der Waals surface area contributed by atoms with E-state index >= 15 is 0 Å². The Balaban J connectivity index is 1.40. The minimum atomic E-state index is -0.386. The van der Waals surface area contributed by atoms with Crippen LogP contribution in [0.5, 0.6) is 0 Å². The van der Waals surface area contributed by atoms with E-state index in [9.17, 15) is 4.39 Å². The summed E-state index contributed by atoms with van der Waals surface area (Å²) in [7, 11) is 0. The topological polar surface area (TPSA) is 23.8 Å². The van der Waals surface area contributed by atoms with Gasteiger partial charge < -0.3 is 0 Å². The van der Waals surface area contributed by atoms with Crippen molar-refractivity contribution in [1.82, 2.24) is 0 Å². The van der Waals surface area contributed by atoms with Crippen molar-refractivity contribution in [3.63, 3.8) is 0 Å². The quantitative estimate of drug-likeness (QED) is 0.333. The van der Waals surface area contributed by atoms with Gasteiger partial charge in [-0.3, -0.25) is 0 Å². The second-order valence-corrected chi connectivity index (χ2v) is 9.10. The Labute approximate surface area is 171 Å². The maximum Gasteiger partial charge on any atom is 0.141 e. The van der Waals surface area contributed by atoms with Gasteiger partial charge in [-0.15, -0.1) is 0 Å². The Morgan fingerprint density at radius 3 is 2.50 bits per heavy atom. The van der Waals surface area contributed by atoms with E-state index in [1.165, 1.54) is 76.7 Å². The van der Waals surface area contributed by atoms with Crippen molar-refractivity contribution in [3.05, 3.63) is 46.8 Å². The van der Waals surface area contributed by atoms with Crippen LogP contribution >= 0.6 is 0 Å². The highest BCUT2D eigenvalue weighted by Crippen LogP contribution is 2.41. The smallest absolute Gasteiger partial charge is 0.141 e. The lowest BCUT2D eigenvalue weighted by Gasteiger charge is -2.35. The van der Waals surface area contributed by atoms with Crippen LogP contribution in [0, 0.1) is 34.9 Å². The molecule has 0 aromatic heterocycles. The van der Waals surface area contributed by atoms with Gasteiger partial charge >= 0.3 is 0 Å². The van der Waals surface area contributed by atoms with E-state index in [4.69, 9.17) is 5.26 Å². The summed E-state index contributed by atoms with van der Waals surface area (Å²) >= 11 is 0. The minimum Gasteiger partial charge on any atom is -0.206 e. The van der Waals surface area contributed by atoms with E-state index in [0.717, 1.165) is 36.2 Å². The third kappa shape index (κ3) is 5.94. The first-order chi connectivity index (χ1) is 13.7. The number of allylic oxidation sites excluding steroid dienone is 2. The molecule has 1 atom stereocenters. The molecule has 1 fully saturated rings. The summed E-state index contributed by atoms with van der Waals surface area (Å²) in [5, 5.41) is 8.84. The molecule has 0 aliphatic heterocycles. The number of halogens is 1. The highest BCUT2D eigenvalue weighted by Gasteiger charge is 2.28. The van der Waals surface area contributed by atoms with Crippen LogP contribution in [-0.2, 0) is 6.42 Å². The number of rotatable bonds is 8. The molecular weight excluding hydrogens is 345 g/mol. The Kier molecular flexibility index (Phi) is 8.13. The summed E-state index contributed by atoms with van der Waals surface area (Å²) in [6.45, 7) is 2.30. The molecule has 152 valence electrons. The Hall–Kier alpha value is -1.62. The van der Waals surface area contributed by atoms with Crippen molar-refractivity contribution in [2.24, 2.45) is 17.8 Å². The zero-order chi connectivity index (χ0) is 19.8. The van der Waals surface area contributed by atoms with E-state index in [0.29, 0.717) is 0 Å². The first-order valence-electron chi connectivity index (χ1n) is 11.6. The maximum absolute atomic E-state index is 13.8. The molecule has 1 saturated carbocycles. The average Bonchev–Trinajstić information content (AvgIpc) is 2.73. The van der Waals surface area contributed by atoms with Gasteiger partial charge in [0.2, 0.25) is 0 Å². The second-order valence-electron chi connectivity index (χ2n) is 9.10. The fraction of sp³-hybridized carbons (Fsp3) is 0.654. The molecule has 1 aromatic carbocycles. The number of benzene rings is 1. The number of hydrogen-bond donors (Lipinski definition) is 0. The van der Waals surface area contributed by atoms with E-state index in [-0.39, 0.29) is 11.4 Å². The highest BCUT2D eigenvalue weighted by molar-refractivity contribution is 5.33. The Morgan fingerprint density at radius 2 is 1.86 bits per heavy atom. The van der Waals surface area contributed by atoms with Crippen LogP contribution in [0.3, 0.4) is 0 Å². The molecule has 0 saturated heterocycles. The summed E-state index contributed by atoms with van der Waals surface area (Å²) in [5.41, 5.74) is 2.69. The summed E-state index contributed by atoms with van der Waals surface area (Å²) in [4.78, 5) is 0. The van der Waals surface area contributed by atoms with Crippen molar-refractivity contribution in [2.75, 3.05) is 0 Å². The number of nitriles is 1. The van der Waals surface area contributed by atoms with Crippen LogP contribution in [0.25, 0.3) is 0 Å². The van der Waals surface area contributed by atoms with Crippen molar-refractivity contribution >= 4 is 0 Å². The molecule has 2 aliphatic carbocycles. The van der Waals surface area contributed by atoms with Crippen LogP contribution < -0.4 is 0 Å². The van der Waals surface area contributed by atoms with Gasteiger partial charge in [0.05, 0.1) is 5.56 Å². The Morgan fingerprint density at radius 1 is 1.04 bits per heavy atom. The molecule has 0 radical (unpaired) electrons. The first-order valence-corrected chi connectivity index (χ1v) is 11.6. The van der Waals surface area contributed by atoms with Crippen LogP contribution in [0.4, 0.5) is 4.39 Å². The summed E-state index contributed by atoms with van der Waals surface area (Å²) < 4.78 is 13.8.